The molecule has 0 aliphatic carbocycles. The Morgan fingerprint density at radius 1 is 1.20 bits per heavy atom. The molecule has 0 aromatic heterocycles. The normalized spacial score (nSPS) is 10.2. The van der Waals surface area contributed by atoms with E-state index in [9.17, 15) is 4.79 Å². The third-order valence-electron chi connectivity index (χ3n) is 2.26. The number of carbonyl (C=O) groups is 1. The van der Waals surface area contributed by atoms with Crippen LogP contribution in [0.15, 0.2) is 36.4 Å². The van der Waals surface area contributed by atoms with Crippen molar-refractivity contribution in [1.82, 2.24) is 5.48 Å². The second-order valence-corrected chi connectivity index (χ2v) is 3.23. The van der Waals surface area contributed by atoms with Crippen LogP contribution in [0.5, 0.6) is 0 Å². The molecule has 15 heavy (non-hydrogen) atoms. The number of nitrogens with one attached hydrogen (secondary N) is 1. The predicted molar refractivity (Wildman–Crippen MR) is 57.6 cm³/mol. The fourth-order valence-corrected chi connectivity index (χ4v) is 1.51. The van der Waals surface area contributed by atoms with Crippen LogP contribution in [0, 0.1) is 0 Å². The van der Waals surface area contributed by atoms with Gasteiger partial charge < -0.3 is 5.73 Å². The molecule has 2 aromatic rings. The minimum atomic E-state index is -0.599. The van der Waals surface area contributed by atoms with Gasteiger partial charge in [-0.2, -0.15) is 0 Å². The van der Waals surface area contributed by atoms with E-state index in [0.29, 0.717) is 5.69 Å². The lowest BCUT2D eigenvalue weighted by atomic mass is 10.0. The Morgan fingerprint density at radius 2 is 1.80 bits per heavy atom. The topological polar surface area (TPSA) is 75.4 Å². The molecule has 1 amide bonds. The van der Waals surface area contributed by atoms with Gasteiger partial charge in [0.05, 0.1) is 5.56 Å². The zero-order valence-electron chi connectivity index (χ0n) is 7.90. The van der Waals surface area contributed by atoms with E-state index < -0.39 is 5.91 Å². The second-order valence-electron chi connectivity index (χ2n) is 3.23. The molecule has 0 bridgehead atoms. The number of rotatable bonds is 1. The van der Waals surface area contributed by atoms with Gasteiger partial charge in [0, 0.05) is 5.69 Å². The highest BCUT2D eigenvalue weighted by molar-refractivity contribution is 6.03. The first-order valence-corrected chi connectivity index (χ1v) is 4.45. The molecule has 0 heterocycles. The van der Waals surface area contributed by atoms with E-state index in [2.05, 4.69) is 0 Å². The highest BCUT2D eigenvalue weighted by atomic mass is 16.5. The van der Waals surface area contributed by atoms with Gasteiger partial charge in [0.2, 0.25) is 0 Å². The fraction of sp³-hybridized carbons (Fsp3) is 0. The van der Waals surface area contributed by atoms with E-state index in [1.807, 2.05) is 24.3 Å². The molecule has 4 heteroatoms. The number of fused-ring (bicyclic) bond motifs is 1. The van der Waals surface area contributed by atoms with Crippen molar-refractivity contribution in [2.45, 2.75) is 0 Å². The van der Waals surface area contributed by atoms with Crippen molar-refractivity contribution in [2.24, 2.45) is 0 Å². The molecule has 0 saturated carbocycles. The maximum atomic E-state index is 11.2. The van der Waals surface area contributed by atoms with Crippen molar-refractivity contribution in [2.75, 3.05) is 5.73 Å². The van der Waals surface area contributed by atoms with Crippen molar-refractivity contribution in [1.29, 1.82) is 0 Å². The van der Waals surface area contributed by atoms with E-state index in [4.69, 9.17) is 10.9 Å². The standard InChI is InChI=1S/C11H10N2O2/c12-10-6-8-4-2-1-3-7(8)5-9(10)11(14)13-15/h1-6,15H,12H2,(H,13,14). The SMILES string of the molecule is Nc1cc2ccccc2cc1C(=O)NO. The molecule has 0 radical (unpaired) electrons. The molecule has 0 unspecified atom stereocenters. The first kappa shape index (κ1) is 9.48. The zero-order chi connectivity index (χ0) is 10.8. The molecular weight excluding hydrogens is 192 g/mol. The van der Waals surface area contributed by atoms with Gasteiger partial charge in [0.25, 0.3) is 5.91 Å². The third-order valence-corrected chi connectivity index (χ3v) is 2.26. The molecule has 2 rings (SSSR count). The Hall–Kier alpha value is -2.07. The average Bonchev–Trinajstić information content (AvgIpc) is 2.27. The Kier molecular flexibility index (Phi) is 2.27. The summed E-state index contributed by atoms with van der Waals surface area (Å²) in [6.07, 6.45) is 0. The molecule has 0 aliphatic rings. The van der Waals surface area contributed by atoms with Crippen molar-refractivity contribution < 1.29 is 10.0 Å². The summed E-state index contributed by atoms with van der Waals surface area (Å²) < 4.78 is 0. The van der Waals surface area contributed by atoms with Gasteiger partial charge in [-0.15, -0.1) is 0 Å². The number of nitrogen functional groups attached to an aromatic ring is 1. The van der Waals surface area contributed by atoms with Crippen molar-refractivity contribution in [3.8, 4) is 0 Å². The van der Waals surface area contributed by atoms with Crippen LogP contribution in [0.2, 0.25) is 0 Å². The Balaban J connectivity index is 2.67. The summed E-state index contributed by atoms with van der Waals surface area (Å²) in [6, 6.07) is 10.9. The summed E-state index contributed by atoms with van der Waals surface area (Å²) in [5.41, 5.74) is 7.88. The lowest BCUT2D eigenvalue weighted by Crippen LogP contribution is -2.19. The summed E-state index contributed by atoms with van der Waals surface area (Å²) >= 11 is 0. The van der Waals surface area contributed by atoms with Crippen LogP contribution in [0.25, 0.3) is 10.8 Å². The molecule has 0 saturated heterocycles. The van der Waals surface area contributed by atoms with Crippen molar-refractivity contribution in [3.63, 3.8) is 0 Å². The number of amides is 1. The van der Waals surface area contributed by atoms with Crippen LogP contribution in [0.1, 0.15) is 10.4 Å². The largest absolute Gasteiger partial charge is 0.398 e. The summed E-state index contributed by atoms with van der Waals surface area (Å²) in [7, 11) is 0. The van der Waals surface area contributed by atoms with Crippen LogP contribution < -0.4 is 11.2 Å². The van der Waals surface area contributed by atoms with Crippen LogP contribution >= 0.6 is 0 Å². The van der Waals surface area contributed by atoms with E-state index in [-0.39, 0.29) is 5.56 Å². The third kappa shape index (κ3) is 1.62. The number of hydrogen-bond acceptors (Lipinski definition) is 3. The van der Waals surface area contributed by atoms with Gasteiger partial charge >= 0.3 is 0 Å². The van der Waals surface area contributed by atoms with Crippen LogP contribution in [-0.4, -0.2) is 11.1 Å². The lowest BCUT2D eigenvalue weighted by Gasteiger charge is -2.05. The van der Waals surface area contributed by atoms with Gasteiger partial charge in [-0.05, 0) is 22.9 Å². The van der Waals surface area contributed by atoms with E-state index in [0.717, 1.165) is 10.8 Å². The van der Waals surface area contributed by atoms with Gasteiger partial charge in [-0.3, -0.25) is 10.0 Å². The fourth-order valence-electron chi connectivity index (χ4n) is 1.51. The smallest absolute Gasteiger partial charge is 0.276 e. The van der Waals surface area contributed by atoms with Crippen LogP contribution in [0.3, 0.4) is 0 Å². The monoisotopic (exact) mass is 202 g/mol. The van der Waals surface area contributed by atoms with Gasteiger partial charge in [0.15, 0.2) is 0 Å². The van der Waals surface area contributed by atoms with Crippen LogP contribution in [-0.2, 0) is 0 Å². The van der Waals surface area contributed by atoms with Crippen molar-refractivity contribution >= 4 is 22.4 Å². The average molecular weight is 202 g/mol. The maximum absolute atomic E-state index is 11.2. The van der Waals surface area contributed by atoms with E-state index in [1.54, 1.807) is 17.6 Å². The maximum Gasteiger partial charge on any atom is 0.276 e. The number of hydrogen-bond donors (Lipinski definition) is 3. The van der Waals surface area contributed by atoms with Gasteiger partial charge in [-0.1, -0.05) is 24.3 Å². The molecule has 0 aliphatic heterocycles. The second kappa shape index (κ2) is 3.59. The number of anilines is 1. The van der Waals surface area contributed by atoms with E-state index in [1.165, 1.54) is 0 Å². The number of carbonyl (C=O) groups excluding carboxylic acids is 1. The molecular formula is C11H10N2O2. The molecule has 2 aromatic carbocycles. The van der Waals surface area contributed by atoms with Crippen LogP contribution in [0.4, 0.5) is 5.69 Å². The Labute approximate surface area is 86.3 Å². The minimum absolute atomic E-state index is 0.274. The number of benzene rings is 2. The molecule has 0 atom stereocenters. The molecule has 4 N–H and O–H groups in total. The summed E-state index contributed by atoms with van der Waals surface area (Å²) in [6.45, 7) is 0. The Bertz CT molecular complexity index is 523. The predicted octanol–water partition coefficient (Wildman–Crippen LogP) is 1.54. The minimum Gasteiger partial charge on any atom is -0.398 e. The molecule has 0 spiro atoms. The number of hydroxylamine groups is 1. The molecule has 0 fully saturated rings. The number of nitrogens with two attached hydrogens (primary N) is 1. The molecule has 4 nitrogen and oxygen atoms in total. The summed E-state index contributed by atoms with van der Waals surface area (Å²) in [5, 5.41) is 10.4. The quantitative estimate of drug-likeness (QED) is 0.373. The van der Waals surface area contributed by atoms with Crippen molar-refractivity contribution in [3.05, 3.63) is 42.0 Å². The van der Waals surface area contributed by atoms with E-state index >= 15 is 0 Å². The highest BCUT2D eigenvalue weighted by Gasteiger charge is 2.09. The Morgan fingerprint density at radius 3 is 2.40 bits per heavy atom. The first-order chi connectivity index (χ1) is 7.22. The lowest BCUT2D eigenvalue weighted by molar-refractivity contribution is 0.0707. The van der Waals surface area contributed by atoms with Gasteiger partial charge in [0.1, 0.15) is 0 Å². The van der Waals surface area contributed by atoms with Gasteiger partial charge in [-0.25, -0.2) is 5.48 Å². The summed E-state index contributed by atoms with van der Waals surface area (Å²) in [4.78, 5) is 11.2. The highest BCUT2D eigenvalue weighted by Crippen LogP contribution is 2.21. The molecule has 76 valence electrons. The summed E-state index contributed by atoms with van der Waals surface area (Å²) in [5.74, 6) is -0.599. The zero-order valence-corrected chi connectivity index (χ0v) is 7.90. The first-order valence-electron chi connectivity index (χ1n) is 4.45.